The standard InChI is InChI=1S/C35H33N3O6S2/c1-23(40)37-28-14-16-31(17-15-28)45-22-30-20-32(25-12-10-24(21-39)11-13-25)44-35(43-30)27-6-2-8-29(19-27)38-46(41,42)33-9-3-5-26-7-4-18-36-34(26)33/h2-19,30,32,35,38-39H,20-22H2,1H3,(H,37,40)/t30-,32+,35?/m0/s1. The summed E-state index contributed by atoms with van der Waals surface area (Å²) in [5.74, 6) is 0.521. The minimum atomic E-state index is -3.95. The highest BCUT2D eigenvalue weighted by atomic mass is 32.2. The van der Waals surface area contributed by atoms with Crippen LogP contribution in [0.15, 0.2) is 119 Å². The van der Waals surface area contributed by atoms with Crippen LogP contribution in [0.5, 0.6) is 0 Å². The number of thioether (sulfide) groups is 1. The van der Waals surface area contributed by atoms with Crippen molar-refractivity contribution in [2.45, 2.75) is 48.2 Å². The number of carbonyl (C=O) groups excluding carboxylic acids is 1. The van der Waals surface area contributed by atoms with Gasteiger partial charge in [0.05, 0.1) is 24.3 Å². The number of hydrogen-bond donors (Lipinski definition) is 3. The lowest BCUT2D eigenvalue weighted by Gasteiger charge is -2.36. The molecule has 236 valence electrons. The second-order valence-electron chi connectivity index (χ2n) is 10.9. The first-order valence-corrected chi connectivity index (χ1v) is 17.2. The average Bonchev–Trinajstić information content (AvgIpc) is 3.07. The van der Waals surface area contributed by atoms with Crippen LogP contribution in [0.4, 0.5) is 11.4 Å². The van der Waals surface area contributed by atoms with Crippen molar-refractivity contribution in [2.24, 2.45) is 0 Å². The van der Waals surface area contributed by atoms with E-state index in [4.69, 9.17) is 9.47 Å². The molecule has 0 spiro atoms. The van der Waals surface area contributed by atoms with E-state index in [2.05, 4.69) is 15.0 Å². The minimum absolute atomic E-state index is 0.0466. The molecule has 1 unspecified atom stereocenters. The first kappa shape index (κ1) is 31.7. The molecule has 11 heteroatoms. The summed E-state index contributed by atoms with van der Waals surface area (Å²) >= 11 is 1.64. The van der Waals surface area contributed by atoms with Crippen LogP contribution in [0, 0.1) is 0 Å². The van der Waals surface area contributed by atoms with Gasteiger partial charge in [-0.3, -0.25) is 14.5 Å². The number of nitrogens with zero attached hydrogens (tertiary/aromatic N) is 1. The second-order valence-corrected chi connectivity index (χ2v) is 13.7. The summed E-state index contributed by atoms with van der Waals surface area (Å²) in [4.78, 5) is 16.8. The van der Waals surface area contributed by atoms with Crippen LogP contribution in [0.3, 0.4) is 0 Å². The van der Waals surface area contributed by atoms with Gasteiger partial charge in [0, 0.05) is 52.5 Å². The largest absolute Gasteiger partial charge is 0.392 e. The lowest BCUT2D eigenvalue weighted by atomic mass is 10.0. The van der Waals surface area contributed by atoms with E-state index in [0.29, 0.717) is 28.9 Å². The molecule has 1 amide bonds. The molecule has 1 aliphatic heterocycles. The number of para-hydroxylation sites is 1. The number of aromatic nitrogens is 1. The Balaban J connectivity index is 1.23. The van der Waals surface area contributed by atoms with Crippen LogP contribution >= 0.6 is 11.8 Å². The molecular weight excluding hydrogens is 623 g/mol. The number of sulfonamides is 1. The van der Waals surface area contributed by atoms with Gasteiger partial charge >= 0.3 is 0 Å². The molecule has 9 nitrogen and oxygen atoms in total. The molecule has 0 aliphatic carbocycles. The van der Waals surface area contributed by atoms with Crippen LogP contribution in [-0.4, -0.2) is 36.3 Å². The van der Waals surface area contributed by atoms with Crippen molar-refractivity contribution < 1.29 is 27.8 Å². The maximum Gasteiger partial charge on any atom is 0.264 e. The molecule has 1 aliphatic rings. The van der Waals surface area contributed by atoms with Gasteiger partial charge in [0.2, 0.25) is 5.91 Å². The number of hydrogen-bond acceptors (Lipinski definition) is 8. The van der Waals surface area contributed by atoms with Crippen LogP contribution in [0.2, 0.25) is 0 Å². The molecule has 1 fully saturated rings. The van der Waals surface area contributed by atoms with Gasteiger partial charge in [-0.2, -0.15) is 0 Å². The number of amides is 1. The predicted octanol–water partition coefficient (Wildman–Crippen LogP) is 6.82. The summed E-state index contributed by atoms with van der Waals surface area (Å²) in [5.41, 5.74) is 3.94. The molecular formula is C35H33N3O6S2. The molecule has 1 aromatic heterocycles. The highest BCUT2D eigenvalue weighted by Gasteiger charge is 2.32. The number of aliphatic hydroxyl groups is 1. The number of nitrogens with one attached hydrogen (secondary N) is 2. The Morgan fingerprint density at radius 3 is 2.43 bits per heavy atom. The van der Waals surface area contributed by atoms with Crippen molar-refractivity contribution in [3.05, 3.63) is 126 Å². The molecule has 1 saturated heterocycles. The Hall–Kier alpha value is -4.26. The smallest absolute Gasteiger partial charge is 0.264 e. The number of aliphatic hydroxyl groups excluding tert-OH is 1. The Labute approximate surface area is 272 Å². The normalized spacial score (nSPS) is 18.3. The van der Waals surface area contributed by atoms with Crippen molar-refractivity contribution in [1.29, 1.82) is 0 Å². The van der Waals surface area contributed by atoms with Crippen molar-refractivity contribution in [2.75, 3.05) is 15.8 Å². The highest BCUT2D eigenvalue weighted by molar-refractivity contribution is 7.99. The fourth-order valence-corrected chi connectivity index (χ4v) is 7.45. The van der Waals surface area contributed by atoms with E-state index in [-0.39, 0.29) is 29.6 Å². The maximum atomic E-state index is 13.5. The van der Waals surface area contributed by atoms with Gasteiger partial charge in [-0.15, -0.1) is 11.8 Å². The molecule has 6 rings (SSSR count). The number of rotatable bonds is 10. The van der Waals surface area contributed by atoms with Gasteiger partial charge in [-0.25, -0.2) is 8.42 Å². The number of anilines is 2. The third-order valence-corrected chi connectivity index (χ3v) is 10.1. The van der Waals surface area contributed by atoms with Crippen molar-refractivity contribution in [3.8, 4) is 0 Å². The van der Waals surface area contributed by atoms with Gasteiger partial charge < -0.3 is 19.9 Å². The van der Waals surface area contributed by atoms with Crippen LogP contribution in [-0.2, 0) is 30.9 Å². The van der Waals surface area contributed by atoms with Crippen molar-refractivity contribution in [1.82, 2.24) is 4.98 Å². The number of benzene rings is 4. The molecule has 0 saturated carbocycles. The fourth-order valence-electron chi connectivity index (χ4n) is 5.30. The first-order chi connectivity index (χ1) is 22.3. The van der Waals surface area contributed by atoms with Crippen LogP contribution < -0.4 is 10.0 Å². The zero-order valence-electron chi connectivity index (χ0n) is 25.0. The number of pyridine rings is 1. The quantitative estimate of drug-likeness (QED) is 0.140. The van der Waals surface area contributed by atoms with E-state index in [1.54, 1.807) is 48.3 Å². The lowest BCUT2D eigenvalue weighted by Crippen LogP contribution is -2.31. The average molecular weight is 656 g/mol. The summed E-state index contributed by atoms with van der Waals surface area (Å²) in [5, 5.41) is 13.0. The van der Waals surface area contributed by atoms with E-state index in [0.717, 1.165) is 27.1 Å². The second kappa shape index (κ2) is 14.0. The van der Waals surface area contributed by atoms with Gasteiger partial charge in [-0.1, -0.05) is 54.6 Å². The van der Waals surface area contributed by atoms with E-state index < -0.39 is 16.3 Å². The van der Waals surface area contributed by atoms with Crippen LogP contribution in [0.1, 0.15) is 42.4 Å². The van der Waals surface area contributed by atoms with Crippen molar-refractivity contribution >= 4 is 50.0 Å². The fraction of sp³-hybridized carbons (Fsp3) is 0.200. The maximum absolute atomic E-state index is 13.5. The van der Waals surface area contributed by atoms with E-state index in [9.17, 15) is 18.3 Å². The Morgan fingerprint density at radius 1 is 0.913 bits per heavy atom. The zero-order chi connectivity index (χ0) is 32.1. The van der Waals surface area contributed by atoms with Gasteiger partial charge in [-0.05, 0) is 59.7 Å². The SMILES string of the molecule is CC(=O)Nc1ccc(SC[C@@H]2C[C@H](c3ccc(CO)cc3)OC(c3cccc(NS(=O)(=O)c4cccc5cccnc45)c3)O2)cc1. The van der Waals surface area contributed by atoms with Crippen molar-refractivity contribution in [3.63, 3.8) is 0 Å². The summed E-state index contributed by atoms with van der Waals surface area (Å²) in [6.45, 7) is 1.43. The summed E-state index contributed by atoms with van der Waals surface area (Å²) < 4.78 is 42.6. The molecule has 3 N–H and O–H groups in total. The minimum Gasteiger partial charge on any atom is -0.392 e. The molecule has 5 aromatic rings. The molecule has 0 radical (unpaired) electrons. The summed E-state index contributed by atoms with van der Waals surface area (Å²) in [6.07, 6.45) is 0.937. The van der Waals surface area contributed by atoms with Gasteiger partial charge in [0.25, 0.3) is 10.0 Å². The molecule has 0 bridgehead atoms. The lowest BCUT2D eigenvalue weighted by molar-refractivity contribution is -0.245. The number of fused-ring (bicyclic) bond motifs is 1. The van der Waals surface area contributed by atoms with Gasteiger partial charge in [0.1, 0.15) is 4.90 Å². The number of ether oxygens (including phenoxy) is 2. The summed E-state index contributed by atoms with van der Waals surface area (Å²) in [6, 6.07) is 31.0. The van der Waals surface area contributed by atoms with E-state index in [1.165, 1.54) is 13.0 Å². The highest BCUT2D eigenvalue weighted by Crippen LogP contribution is 2.40. The Bertz CT molecular complexity index is 1930. The summed E-state index contributed by atoms with van der Waals surface area (Å²) in [7, 11) is -3.95. The topological polar surface area (TPSA) is 127 Å². The molecule has 46 heavy (non-hydrogen) atoms. The van der Waals surface area contributed by atoms with E-state index >= 15 is 0 Å². The third kappa shape index (κ3) is 7.57. The monoisotopic (exact) mass is 655 g/mol. The predicted molar refractivity (Wildman–Crippen MR) is 179 cm³/mol. The van der Waals surface area contributed by atoms with E-state index in [1.807, 2.05) is 66.7 Å². The molecule has 3 atom stereocenters. The first-order valence-electron chi connectivity index (χ1n) is 14.7. The Morgan fingerprint density at radius 2 is 1.67 bits per heavy atom. The Kier molecular flexibility index (Phi) is 9.67. The van der Waals surface area contributed by atoms with Gasteiger partial charge in [0.15, 0.2) is 6.29 Å². The zero-order valence-corrected chi connectivity index (χ0v) is 26.6. The third-order valence-electron chi connectivity index (χ3n) is 7.52. The van der Waals surface area contributed by atoms with Crippen LogP contribution in [0.25, 0.3) is 10.9 Å². The molecule has 2 heterocycles. The molecule has 4 aromatic carbocycles. The number of carbonyl (C=O) groups is 1.